The smallest absolute Gasteiger partial charge is 0.241 e. The normalized spacial score (nSPS) is 14.0. The van der Waals surface area contributed by atoms with Gasteiger partial charge in [-0.1, -0.05) is 41.4 Å². The number of benzene rings is 2. The van der Waals surface area contributed by atoms with E-state index in [0.717, 1.165) is 16.7 Å². The third-order valence-corrected chi connectivity index (χ3v) is 4.37. The van der Waals surface area contributed by atoms with Gasteiger partial charge in [0, 0.05) is 6.54 Å². The molecule has 1 atom stereocenters. The van der Waals surface area contributed by atoms with E-state index in [4.69, 9.17) is 26.8 Å². The molecule has 0 saturated heterocycles. The lowest BCUT2D eigenvalue weighted by molar-refractivity contribution is -0.122. The average Bonchev–Trinajstić information content (AvgIpc) is 2.62. The highest BCUT2D eigenvalue weighted by atomic mass is 35.5. The van der Waals surface area contributed by atoms with E-state index in [-0.39, 0.29) is 5.91 Å². The van der Waals surface area contributed by atoms with Crippen molar-refractivity contribution in [2.24, 2.45) is 5.73 Å². The first-order chi connectivity index (χ1) is 12.0. The first kappa shape index (κ1) is 17.6. The van der Waals surface area contributed by atoms with Gasteiger partial charge in [0.2, 0.25) is 5.91 Å². The number of aryl methyl sites for hydroxylation is 1. The fourth-order valence-corrected chi connectivity index (χ4v) is 2.96. The van der Waals surface area contributed by atoms with E-state index in [1.807, 2.05) is 43.3 Å². The van der Waals surface area contributed by atoms with E-state index in [2.05, 4.69) is 5.32 Å². The lowest BCUT2D eigenvalue weighted by atomic mass is 10.1. The summed E-state index contributed by atoms with van der Waals surface area (Å²) in [6.07, 6.45) is 0.628. The molecule has 0 spiro atoms. The van der Waals surface area contributed by atoms with Gasteiger partial charge in [-0.15, -0.1) is 0 Å². The maximum atomic E-state index is 12.2. The van der Waals surface area contributed by atoms with Crippen LogP contribution in [0, 0.1) is 6.92 Å². The van der Waals surface area contributed by atoms with Crippen molar-refractivity contribution in [3.63, 3.8) is 0 Å². The number of ether oxygens (including phenoxy) is 2. The molecule has 0 radical (unpaired) electrons. The van der Waals surface area contributed by atoms with Crippen LogP contribution in [0.1, 0.15) is 22.7 Å². The van der Waals surface area contributed by atoms with Gasteiger partial charge in [-0.05, 0) is 36.6 Å². The number of amides is 1. The van der Waals surface area contributed by atoms with Gasteiger partial charge in [0.1, 0.15) is 19.3 Å². The van der Waals surface area contributed by atoms with Crippen molar-refractivity contribution in [1.29, 1.82) is 0 Å². The van der Waals surface area contributed by atoms with Crippen LogP contribution >= 0.6 is 11.6 Å². The van der Waals surface area contributed by atoms with Crippen LogP contribution in [0.2, 0.25) is 5.02 Å². The molecule has 3 rings (SSSR count). The van der Waals surface area contributed by atoms with E-state index in [1.165, 1.54) is 0 Å². The van der Waals surface area contributed by atoms with Gasteiger partial charge in [-0.3, -0.25) is 4.79 Å². The summed E-state index contributed by atoms with van der Waals surface area (Å²) < 4.78 is 11.1. The zero-order valence-corrected chi connectivity index (χ0v) is 14.8. The van der Waals surface area contributed by atoms with Gasteiger partial charge in [0.05, 0.1) is 5.02 Å². The average molecular weight is 361 g/mol. The molecule has 5 nitrogen and oxygen atoms in total. The number of halogens is 1. The Balaban J connectivity index is 1.56. The van der Waals surface area contributed by atoms with Crippen LogP contribution < -0.4 is 20.5 Å². The largest absolute Gasteiger partial charge is 0.486 e. The lowest BCUT2D eigenvalue weighted by Crippen LogP contribution is -2.35. The summed E-state index contributed by atoms with van der Waals surface area (Å²) in [7, 11) is 0. The molecular formula is C19H21ClN2O3. The van der Waals surface area contributed by atoms with Crippen molar-refractivity contribution in [3.8, 4) is 11.5 Å². The van der Waals surface area contributed by atoms with Gasteiger partial charge < -0.3 is 20.5 Å². The van der Waals surface area contributed by atoms with Crippen LogP contribution in [0.5, 0.6) is 11.5 Å². The van der Waals surface area contributed by atoms with Crippen molar-refractivity contribution >= 4 is 17.5 Å². The third-order valence-electron chi connectivity index (χ3n) is 4.09. The zero-order chi connectivity index (χ0) is 17.8. The number of carbonyl (C=O) groups excluding carboxylic acids is 1. The second kappa shape index (κ2) is 7.76. The monoisotopic (exact) mass is 360 g/mol. The van der Waals surface area contributed by atoms with Crippen molar-refractivity contribution in [2.75, 3.05) is 19.8 Å². The summed E-state index contributed by atoms with van der Waals surface area (Å²) >= 11 is 6.22. The number of fused-ring (bicyclic) bond motifs is 1. The van der Waals surface area contributed by atoms with E-state index >= 15 is 0 Å². The number of hydrogen-bond acceptors (Lipinski definition) is 4. The summed E-state index contributed by atoms with van der Waals surface area (Å²) in [5, 5.41) is 3.39. The molecular weight excluding hydrogens is 340 g/mol. The Kier molecular flexibility index (Phi) is 5.46. The fourth-order valence-electron chi connectivity index (χ4n) is 2.67. The first-order valence-corrected chi connectivity index (χ1v) is 8.60. The standard InChI is InChI=1S/C19H21ClN2O3/c1-12-2-4-14(5-3-12)17(21)19(23)22-7-6-13-10-15(20)18-16(11-13)24-8-9-25-18/h2-5,10-11,17H,6-9,21H2,1H3,(H,22,23). The predicted octanol–water partition coefficient (Wildman–Crippen LogP) is 2.78. The Morgan fingerprint density at radius 2 is 1.96 bits per heavy atom. The summed E-state index contributed by atoms with van der Waals surface area (Å²) in [6, 6.07) is 10.7. The highest BCUT2D eigenvalue weighted by Gasteiger charge is 2.18. The number of nitrogens with two attached hydrogens (primary N) is 1. The Bertz CT molecular complexity index is 762. The molecule has 1 unspecified atom stereocenters. The minimum atomic E-state index is -0.676. The molecule has 1 heterocycles. The minimum absolute atomic E-state index is 0.201. The van der Waals surface area contributed by atoms with Gasteiger partial charge in [0.15, 0.2) is 11.5 Å². The van der Waals surface area contributed by atoms with Gasteiger partial charge >= 0.3 is 0 Å². The molecule has 1 amide bonds. The maximum absolute atomic E-state index is 12.2. The van der Waals surface area contributed by atoms with Crippen LogP contribution in [0.15, 0.2) is 36.4 Å². The topological polar surface area (TPSA) is 73.6 Å². The minimum Gasteiger partial charge on any atom is -0.486 e. The highest BCUT2D eigenvalue weighted by Crippen LogP contribution is 2.38. The third kappa shape index (κ3) is 4.24. The van der Waals surface area contributed by atoms with Crippen LogP contribution in [0.3, 0.4) is 0 Å². The molecule has 2 aromatic rings. The van der Waals surface area contributed by atoms with E-state index < -0.39 is 6.04 Å². The van der Waals surface area contributed by atoms with Gasteiger partial charge in [-0.25, -0.2) is 0 Å². The van der Waals surface area contributed by atoms with Crippen LogP contribution in [-0.4, -0.2) is 25.7 Å². The molecule has 1 aliphatic heterocycles. The molecule has 0 saturated carbocycles. The quantitative estimate of drug-likeness (QED) is 0.859. The van der Waals surface area contributed by atoms with Gasteiger partial charge in [0.25, 0.3) is 0 Å². The van der Waals surface area contributed by atoms with Crippen molar-refractivity contribution in [2.45, 2.75) is 19.4 Å². The zero-order valence-electron chi connectivity index (χ0n) is 14.0. The summed E-state index contributed by atoms with van der Waals surface area (Å²) in [6.45, 7) is 3.47. The molecule has 0 aromatic heterocycles. The van der Waals surface area contributed by atoms with Crippen molar-refractivity contribution < 1.29 is 14.3 Å². The van der Waals surface area contributed by atoms with E-state index in [9.17, 15) is 4.79 Å². The number of rotatable bonds is 5. The lowest BCUT2D eigenvalue weighted by Gasteiger charge is -2.20. The fraction of sp³-hybridized carbons (Fsp3) is 0.316. The van der Waals surface area contributed by atoms with E-state index in [1.54, 1.807) is 0 Å². The first-order valence-electron chi connectivity index (χ1n) is 8.22. The molecule has 0 bridgehead atoms. The molecule has 1 aliphatic rings. The van der Waals surface area contributed by atoms with Crippen LogP contribution in [0.25, 0.3) is 0 Å². The summed E-state index contributed by atoms with van der Waals surface area (Å²) in [5.74, 6) is 1.03. The van der Waals surface area contributed by atoms with Crippen molar-refractivity contribution in [1.82, 2.24) is 5.32 Å². The summed E-state index contributed by atoms with van der Waals surface area (Å²) in [5.41, 5.74) is 8.91. The highest BCUT2D eigenvalue weighted by molar-refractivity contribution is 6.32. The van der Waals surface area contributed by atoms with Crippen molar-refractivity contribution in [3.05, 3.63) is 58.1 Å². The number of hydrogen-bond donors (Lipinski definition) is 2. The van der Waals surface area contributed by atoms with E-state index in [0.29, 0.717) is 42.7 Å². The molecule has 6 heteroatoms. The predicted molar refractivity (Wildman–Crippen MR) is 97.3 cm³/mol. The Morgan fingerprint density at radius 1 is 1.24 bits per heavy atom. The second-order valence-electron chi connectivity index (χ2n) is 6.03. The molecule has 132 valence electrons. The number of carbonyl (C=O) groups is 1. The van der Waals surface area contributed by atoms with Crippen LogP contribution in [-0.2, 0) is 11.2 Å². The maximum Gasteiger partial charge on any atom is 0.241 e. The SMILES string of the molecule is Cc1ccc(C(N)C(=O)NCCc2cc(Cl)c3c(c2)OCCO3)cc1. The molecule has 0 aliphatic carbocycles. The molecule has 3 N–H and O–H groups in total. The second-order valence-corrected chi connectivity index (χ2v) is 6.44. The molecule has 2 aromatic carbocycles. The number of nitrogens with one attached hydrogen (secondary N) is 1. The Morgan fingerprint density at radius 3 is 2.72 bits per heavy atom. The Hall–Kier alpha value is -2.24. The molecule has 0 fully saturated rings. The Labute approximate surface area is 152 Å². The molecule has 25 heavy (non-hydrogen) atoms. The van der Waals surface area contributed by atoms with Crippen LogP contribution in [0.4, 0.5) is 0 Å². The van der Waals surface area contributed by atoms with Gasteiger partial charge in [-0.2, -0.15) is 0 Å². The summed E-state index contributed by atoms with van der Waals surface area (Å²) in [4.78, 5) is 12.2.